The molecule has 0 saturated heterocycles. The van der Waals surface area contributed by atoms with Gasteiger partial charge in [-0.3, -0.25) is 4.79 Å². The number of ether oxygens (including phenoxy) is 1. The molecule has 0 aliphatic heterocycles. The van der Waals surface area contributed by atoms with Crippen molar-refractivity contribution in [2.45, 2.75) is 32.4 Å². The van der Waals surface area contributed by atoms with Crippen LogP contribution in [0.4, 0.5) is 0 Å². The number of aromatic nitrogens is 1. The van der Waals surface area contributed by atoms with Crippen molar-refractivity contribution in [1.29, 1.82) is 0 Å². The molecule has 1 rings (SSSR count). The van der Waals surface area contributed by atoms with Gasteiger partial charge in [-0.05, 0) is 18.6 Å². The second-order valence-corrected chi connectivity index (χ2v) is 4.07. The number of terminal acetylenes is 1. The van der Waals surface area contributed by atoms with Crippen molar-refractivity contribution in [3.05, 3.63) is 24.0 Å². The highest BCUT2D eigenvalue weighted by Gasteiger charge is 2.14. The van der Waals surface area contributed by atoms with E-state index in [1.807, 2.05) is 23.8 Å². The Labute approximate surface area is 108 Å². The number of amides is 1. The first-order valence-electron chi connectivity index (χ1n) is 6.11. The Bertz CT molecular complexity index is 418. The van der Waals surface area contributed by atoms with E-state index in [4.69, 9.17) is 11.2 Å². The monoisotopic (exact) mass is 248 g/mol. The average molecular weight is 248 g/mol. The SMILES string of the molecule is C#CCC(CC)NC(=O)c1cccn1CCOC. The zero-order chi connectivity index (χ0) is 13.4. The summed E-state index contributed by atoms with van der Waals surface area (Å²) in [4.78, 5) is 12.1. The van der Waals surface area contributed by atoms with Crippen LogP contribution in [0.2, 0.25) is 0 Å². The topological polar surface area (TPSA) is 43.3 Å². The maximum Gasteiger partial charge on any atom is 0.268 e. The summed E-state index contributed by atoms with van der Waals surface area (Å²) >= 11 is 0. The minimum Gasteiger partial charge on any atom is -0.383 e. The molecule has 0 fully saturated rings. The summed E-state index contributed by atoms with van der Waals surface area (Å²) in [6.45, 7) is 3.25. The molecule has 1 heterocycles. The van der Waals surface area contributed by atoms with Gasteiger partial charge < -0.3 is 14.6 Å². The number of hydrogen-bond acceptors (Lipinski definition) is 2. The molecule has 4 heteroatoms. The van der Waals surface area contributed by atoms with Gasteiger partial charge in [-0.1, -0.05) is 6.92 Å². The van der Waals surface area contributed by atoms with Gasteiger partial charge in [0.25, 0.3) is 5.91 Å². The predicted molar refractivity (Wildman–Crippen MR) is 71.3 cm³/mol. The lowest BCUT2D eigenvalue weighted by atomic mass is 10.1. The van der Waals surface area contributed by atoms with Crippen molar-refractivity contribution in [2.24, 2.45) is 0 Å². The maximum absolute atomic E-state index is 12.1. The van der Waals surface area contributed by atoms with Gasteiger partial charge in [-0.25, -0.2) is 0 Å². The molecule has 1 N–H and O–H groups in total. The summed E-state index contributed by atoms with van der Waals surface area (Å²) in [6, 6.07) is 3.69. The largest absolute Gasteiger partial charge is 0.383 e. The van der Waals surface area contributed by atoms with E-state index in [0.717, 1.165) is 6.42 Å². The number of nitrogens with one attached hydrogen (secondary N) is 1. The second-order valence-electron chi connectivity index (χ2n) is 4.07. The number of carbonyl (C=O) groups is 1. The minimum absolute atomic E-state index is 0.0354. The summed E-state index contributed by atoms with van der Waals surface area (Å²) < 4.78 is 6.89. The molecule has 1 aromatic rings. The van der Waals surface area contributed by atoms with Crippen LogP contribution in [-0.2, 0) is 11.3 Å². The zero-order valence-corrected chi connectivity index (χ0v) is 11.0. The van der Waals surface area contributed by atoms with Crippen LogP contribution in [0, 0.1) is 12.3 Å². The van der Waals surface area contributed by atoms with E-state index in [2.05, 4.69) is 11.2 Å². The van der Waals surface area contributed by atoms with Crippen molar-refractivity contribution in [3.63, 3.8) is 0 Å². The third-order valence-corrected chi connectivity index (χ3v) is 2.79. The molecule has 4 nitrogen and oxygen atoms in total. The second kappa shape index (κ2) is 7.57. The van der Waals surface area contributed by atoms with Crippen LogP contribution in [0.25, 0.3) is 0 Å². The van der Waals surface area contributed by atoms with Gasteiger partial charge >= 0.3 is 0 Å². The van der Waals surface area contributed by atoms with Crippen molar-refractivity contribution in [2.75, 3.05) is 13.7 Å². The smallest absolute Gasteiger partial charge is 0.268 e. The number of hydrogen-bond donors (Lipinski definition) is 1. The third-order valence-electron chi connectivity index (χ3n) is 2.79. The molecule has 0 saturated carbocycles. The lowest BCUT2D eigenvalue weighted by Crippen LogP contribution is -2.35. The predicted octanol–water partition coefficient (Wildman–Crippen LogP) is 1.67. The normalized spacial score (nSPS) is 11.8. The van der Waals surface area contributed by atoms with Gasteiger partial charge in [0.1, 0.15) is 5.69 Å². The van der Waals surface area contributed by atoms with Crippen molar-refractivity contribution < 1.29 is 9.53 Å². The van der Waals surface area contributed by atoms with Crippen molar-refractivity contribution in [3.8, 4) is 12.3 Å². The van der Waals surface area contributed by atoms with E-state index in [1.165, 1.54) is 0 Å². The number of carbonyl (C=O) groups excluding carboxylic acids is 1. The number of rotatable bonds is 7. The van der Waals surface area contributed by atoms with Crippen LogP contribution in [0.5, 0.6) is 0 Å². The molecule has 18 heavy (non-hydrogen) atoms. The third kappa shape index (κ3) is 3.94. The summed E-state index contributed by atoms with van der Waals surface area (Å²) in [6.07, 6.45) is 8.53. The lowest BCUT2D eigenvalue weighted by molar-refractivity contribution is 0.0924. The molecule has 1 aromatic heterocycles. The highest BCUT2D eigenvalue weighted by Crippen LogP contribution is 2.05. The highest BCUT2D eigenvalue weighted by molar-refractivity contribution is 5.92. The molecule has 0 bridgehead atoms. The zero-order valence-electron chi connectivity index (χ0n) is 11.0. The van der Waals surface area contributed by atoms with Crippen LogP contribution < -0.4 is 5.32 Å². The first-order chi connectivity index (χ1) is 8.72. The minimum atomic E-state index is -0.0850. The van der Waals surface area contributed by atoms with E-state index in [9.17, 15) is 4.79 Å². The van der Waals surface area contributed by atoms with Crippen molar-refractivity contribution >= 4 is 5.91 Å². The molecular formula is C14H20N2O2. The standard InChI is InChI=1S/C14H20N2O2/c1-4-7-12(5-2)15-14(17)13-8-6-9-16(13)10-11-18-3/h1,6,8-9,12H,5,7,10-11H2,2-3H3,(H,15,17). The van der Waals surface area contributed by atoms with Crippen LogP contribution in [0.15, 0.2) is 18.3 Å². The Hall–Kier alpha value is -1.73. The molecule has 1 unspecified atom stereocenters. The van der Waals surface area contributed by atoms with E-state index in [1.54, 1.807) is 13.2 Å². The summed E-state index contributed by atoms with van der Waals surface area (Å²) in [5.41, 5.74) is 0.641. The number of methoxy groups -OCH3 is 1. The van der Waals surface area contributed by atoms with E-state index < -0.39 is 0 Å². The quantitative estimate of drug-likeness (QED) is 0.746. The first kappa shape index (κ1) is 14.3. The van der Waals surface area contributed by atoms with Gasteiger partial charge in [0.15, 0.2) is 0 Å². The molecule has 0 spiro atoms. The molecule has 1 amide bonds. The van der Waals surface area contributed by atoms with Crippen LogP contribution in [0.1, 0.15) is 30.3 Å². The Morgan fingerprint density at radius 3 is 3.06 bits per heavy atom. The molecule has 0 aliphatic rings. The van der Waals surface area contributed by atoms with Gasteiger partial charge in [0.05, 0.1) is 6.61 Å². The Balaban J connectivity index is 2.66. The molecule has 98 valence electrons. The van der Waals surface area contributed by atoms with E-state index >= 15 is 0 Å². The molecular weight excluding hydrogens is 228 g/mol. The summed E-state index contributed by atoms with van der Waals surface area (Å²) in [5, 5.41) is 2.94. The lowest BCUT2D eigenvalue weighted by Gasteiger charge is -2.15. The Morgan fingerprint density at radius 1 is 1.67 bits per heavy atom. The highest BCUT2D eigenvalue weighted by atomic mass is 16.5. The van der Waals surface area contributed by atoms with Crippen molar-refractivity contribution in [1.82, 2.24) is 9.88 Å². The summed E-state index contributed by atoms with van der Waals surface area (Å²) in [7, 11) is 1.64. The van der Waals surface area contributed by atoms with Crippen LogP contribution in [-0.4, -0.2) is 30.2 Å². The Morgan fingerprint density at radius 2 is 2.44 bits per heavy atom. The fraction of sp³-hybridized carbons (Fsp3) is 0.500. The number of nitrogens with zero attached hydrogens (tertiary/aromatic N) is 1. The molecule has 0 radical (unpaired) electrons. The van der Waals surface area contributed by atoms with E-state index in [-0.39, 0.29) is 11.9 Å². The first-order valence-corrected chi connectivity index (χ1v) is 6.11. The molecule has 0 aromatic carbocycles. The fourth-order valence-corrected chi connectivity index (χ4v) is 1.70. The van der Waals surface area contributed by atoms with Crippen LogP contribution in [0.3, 0.4) is 0 Å². The molecule has 0 aliphatic carbocycles. The van der Waals surface area contributed by atoms with Gasteiger partial charge in [0, 0.05) is 32.3 Å². The van der Waals surface area contributed by atoms with E-state index in [0.29, 0.717) is 25.3 Å². The summed E-state index contributed by atoms with van der Waals surface area (Å²) in [5.74, 6) is 2.49. The van der Waals surface area contributed by atoms with Gasteiger partial charge in [0.2, 0.25) is 0 Å². The maximum atomic E-state index is 12.1. The Kier molecular flexibility index (Phi) is 6.03. The molecule has 1 atom stereocenters. The fourth-order valence-electron chi connectivity index (χ4n) is 1.70. The average Bonchev–Trinajstić information content (AvgIpc) is 2.84. The van der Waals surface area contributed by atoms with Crippen LogP contribution >= 0.6 is 0 Å². The van der Waals surface area contributed by atoms with Gasteiger partial charge in [-0.2, -0.15) is 0 Å². The van der Waals surface area contributed by atoms with Gasteiger partial charge in [-0.15, -0.1) is 12.3 Å².